The highest BCUT2D eigenvalue weighted by atomic mass is 16.4. The molecule has 0 saturated heterocycles. The van der Waals surface area contributed by atoms with Crippen molar-refractivity contribution in [3.63, 3.8) is 0 Å². The highest BCUT2D eigenvalue weighted by Gasteiger charge is 2.23. The van der Waals surface area contributed by atoms with Gasteiger partial charge in [-0.3, -0.25) is 0 Å². The number of hydrogen-bond donors (Lipinski definition) is 1. The monoisotopic (exact) mass is 273 g/mol. The van der Waals surface area contributed by atoms with Crippen molar-refractivity contribution in [1.29, 1.82) is 0 Å². The average molecular weight is 273 g/mol. The average Bonchev–Trinajstić information content (AvgIpc) is 2.47. The molecule has 0 spiro atoms. The Morgan fingerprint density at radius 3 is 2.60 bits per heavy atom. The van der Waals surface area contributed by atoms with E-state index >= 15 is 0 Å². The van der Waals surface area contributed by atoms with Gasteiger partial charge in [-0.2, -0.15) is 0 Å². The molecule has 1 N–H and O–H groups in total. The number of rotatable bonds is 5. The highest BCUT2D eigenvalue weighted by molar-refractivity contribution is 6.02. The normalized spacial score (nSPS) is 12.3. The molecular formula is C15H19N3O2. The number of benzene rings is 1. The van der Waals surface area contributed by atoms with Gasteiger partial charge < -0.3 is 10.0 Å². The molecule has 0 saturated carbocycles. The summed E-state index contributed by atoms with van der Waals surface area (Å²) in [7, 11) is 0. The van der Waals surface area contributed by atoms with E-state index in [9.17, 15) is 9.90 Å². The van der Waals surface area contributed by atoms with Crippen LogP contribution in [0.1, 0.15) is 37.7 Å². The smallest absolute Gasteiger partial charge is 0.358 e. The molecule has 0 bridgehead atoms. The Labute approximate surface area is 118 Å². The third kappa shape index (κ3) is 2.43. The summed E-state index contributed by atoms with van der Waals surface area (Å²) in [6, 6.07) is 7.76. The van der Waals surface area contributed by atoms with Gasteiger partial charge in [-0.25, -0.2) is 4.79 Å². The Balaban J connectivity index is 2.74. The fourth-order valence-electron chi connectivity index (χ4n) is 2.39. The van der Waals surface area contributed by atoms with Gasteiger partial charge in [0.2, 0.25) is 0 Å². The zero-order chi connectivity index (χ0) is 14.7. The third-order valence-electron chi connectivity index (χ3n) is 3.59. The summed E-state index contributed by atoms with van der Waals surface area (Å²) >= 11 is 0. The first-order chi connectivity index (χ1) is 9.60. The van der Waals surface area contributed by atoms with Crippen LogP contribution in [-0.4, -0.2) is 33.9 Å². The molecule has 1 aromatic heterocycles. The van der Waals surface area contributed by atoms with Gasteiger partial charge >= 0.3 is 5.97 Å². The molecule has 20 heavy (non-hydrogen) atoms. The Hall–Kier alpha value is -2.17. The fourth-order valence-corrected chi connectivity index (χ4v) is 2.39. The Kier molecular flexibility index (Phi) is 4.17. The van der Waals surface area contributed by atoms with Crippen molar-refractivity contribution < 1.29 is 9.90 Å². The van der Waals surface area contributed by atoms with Crippen LogP contribution >= 0.6 is 0 Å². The van der Waals surface area contributed by atoms with Crippen LogP contribution in [0.5, 0.6) is 0 Å². The standard InChI is InChI=1S/C15H19N3O2/c1-4-10(3)18(5-2)14-11-8-6-7-9-12(11)16-17-13(14)15(19)20/h6-10H,4-5H2,1-3H3,(H,19,20). The SMILES string of the molecule is CCC(C)N(CC)c1c(C(=O)O)nnc2ccccc12. The number of carboxylic acid groups (broad SMARTS) is 1. The summed E-state index contributed by atoms with van der Waals surface area (Å²) in [5.74, 6) is -1.04. The summed E-state index contributed by atoms with van der Waals surface area (Å²) in [5.41, 5.74) is 1.40. The van der Waals surface area contributed by atoms with E-state index in [0.29, 0.717) is 11.2 Å². The first-order valence-corrected chi connectivity index (χ1v) is 6.85. The van der Waals surface area contributed by atoms with E-state index in [-0.39, 0.29) is 11.7 Å². The van der Waals surface area contributed by atoms with Crippen LogP contribution in [0.25, 0.3) is 10.9 Å². The zero-order valence-corrected chi connectivity index (χ0v) is 12.0. The molecule has 0 amide bonds. The molecule has 1 unspecified atom stereocenters. The van der Waals surface area contributed by atoms with E-state index in [0.717, 1.165) is 18.4 Å². The van der Waals surface area contributed by atoms with Gasteiger partial charge in [0.1, 0.15) is 0 Å². The van der Waals surface area contributed by atoms with Crippen molar-refractivity contribution in [2.45, 2.75) is 33.2 Å². The maximum atomic E-state index is 11.5. The van der Waals surface area contributed by atoms with Crippen LogP contribution in [0.3, 0.4) is 0 Å². The van der Waals surface area contributed by atoms with E-state index in [1.165, 1.54) is 0 Å². The van der Waals surface area contributed by atoms with Crippen LogP contribution in [0.4, 0.5) is 5.69 Å². The maximum absolute atomic E-state index is 11.5. The van der Waals surface area contributed by atoms with Gasteiger partial charge in [0.15, 0.2) is 5.69 Å². The molecule has 5 heteroatoms. The lowest BCUT2D eigenvalue weighted by atomic mass is 10.1. The number of anilines is 1. The lowest BCUT2D eigenvalue weighted by Crippen LogP contribution is -2.34. The topological polar surface area (TPSA) is 66.3 Å². The van der Waals surface area contributed by atoms with Gasteiger partial charge in [0, 0.05) is 18.0 Å². The summed E-state index contributed by atoms with van der Waals surface area (Å²) in [4.78, 5) is 13.6. The van der Waals surface area contributed by atoms with Gasteiger partial charge in [-0.05, 0) is 26.3 Å². The van der Waals surface area contributed by atoms with Crippen molar-refractivity contribution in [3.8, 4) is 0 Å². The quantitative estimate of drug-likeness (QED) is 0.907. The Bertz CT molecular complexity index is 628. The van der Waals surface area contributed by atoms with Crippen LogP contribution < -0.4 is 4.90 Å². The minimum Gasteiger partial charge on any atom is -0.476 e. The molecule has 0 aliphatic heterocycles. The number of nitrogens with zero attached hydrogens (tertiary/aromatic N) is 3. The zero-order valence-electron chi connectivity index (χ0n) is 12.0. The summed E-state index contributed by atoms with van der Waals surface area (Å²) in [6.45, 7) is 6.92. The molecule has 1 aromatic carbocycles. The Morgan fingerprint density at radius 2 is 2.00 bits per heavy atom. The lowest BCUT2D eigenvalue weighted by molar-refractivity contribution is 0.0690. The predicted octanol–water partition coefficient (Wildman–Crippen LogP) is 2.95. The first-order valence-electron chi connectivity index (χ1n) is 6.85. The molecule has 0 fully saturated rings. The molecule has 0 radical (unpaired) electrons. The number of aromatic carboxylic acids is 1. The maximum Gasteiger partial charge on any atom is 0.358 e. The van der Waals surface area contributed by atoms with E-state index < -0.39 is 5.97 Å². The Morgan fingerprint density at radius 1 is 1.30 bits per heavy atom. The minimum atomic E-state index is -1.04. The summed E-state index contributed by atoms with van der Waals surface area (Å²) in [6.07, 6.45) is 0.934. The van der Waals surface area contributed by atoms with Gasteiger partial charge in [0.25, 0.3) is 0 Å². The van der Waals surface area contributed by atoms with Gasteiger partial charge in [0.05, 0.1) is 11.2 Å². The number of carbonyl (C=O) groups is 1. The molecule has 1 atom stereocenters. The van der Waals surface area contributed by atoms with Crippen molar-refractivity contribution >= 4 is 22.6 Å². The summed E-state index contributed by atoms with van der Waals surface area (Å²) in [5, 5.41) is 18.1. The molecule has 106 valence electrons. The number of aromatic nitrogens is 2. The lowest BCUT2D eigenvalue weighted by Gasteiger charge is -2.31. The second kappa shape index (κ2) is 5.86. The number of carboxylic acids is 1. The molecule has 2 aromatic rings. The number of fused-ring (bicyclic) bond motifs is 1. The van der Waals surface area contributed by atoms with Crippen molar-refractivity contribution in [3.05, 3.63) is 30.0 Å². The van der Waals surface area contributed by atoms with E-state index in [2.05, 4.69) is 28.9 Å². The molecule has 2 rings (SSSR count). The van der Waals surface area contributed by atoms with Gasteiger partial charge in [-0.15, -0.1) is 10.2 Å². The van der Waals surface area contributed by atoms with Crippen molar-refractivity contribution in [2.24, 2.45) is 0 Å². The van der Waals surface area contributed by atoms with E-state index in [1.54, 1.807) is 0 Å². The third-order valence-corrected chi connectivity index (χ3v) is 3.59. The highest BCUT2D eigenvalue weighted by Crippen LogP contribution is 2.30. The molecule has 5 nitrogen and oxygen atoms in total. The minimum absolute atomic E-state index is 0.0193. The van der Waals surface area contributed by atoms with Crippen LogP contribution in [0, 0.1) is 0 Å². The van der Waals surface area contributed by atoms with Crippen LogP contribution in [0.2, 0.25) is 0 Å². The molecule has 0 aliphatic carbocycles. The second-order valence-corrected chi connectivity index (χ2v) is 4.76. The fraction of sp³-hybridized carbons (Fsp3) is 0.400. The van der Waals surface area contributed by atoms with Crippen LogP contribution in [0.15, 0.2) is 24.3 Å². The molecule has 1 heterocycles. The predicted molar refractivity (Wildman–Crippen MR) is 79.3 cm³/mol. The largest absolute Gasteiger partial charge is 0.476 e. The van der Waals surface area contributed by atoms with Crippen molar-refractivity contribution in [2.75, 3.05) is 11.4 Å². The second-order valence-electron chi connectivity index (χ2n) is 4.76. The number of hydrogen-bond acceptors (Lipinski definition) is 4. The summed E-state index contributed by atoms with van der Waals surface area (Å²) < 4.78 is 0. The molecule has 0 aliphatic rings. The first kappa shape index (κ1) is 14.2. The molecular weight excluding hydrogens is 254 g/mol. The van der Waals surface area contributed by atoms with E-state index in [1.807, 2.05) is 31.2 Å². The van der Waals surface area contributed by atoms with E-state index in [4.69, 9.17) is 0 Å². The van der Waals surface area contributed by atoms with Gasteiger partial charge in [-0.1, -0.05) is 25.1 Å². The van der Waals surface area contributed by atoms with Crippen molar-refractivity contribution in [1.82, 2.24) is 10.2 Å². The van der Waals surface area contributed by atoms with Crippen LogP contribution in [-0.2, 0) is 0 Å².